The van der Waals surface area contributed by atoms with E-state index in [4.69, 9.17) is 4.74 Å². The predicted octanol–water partition coefficient (Wildman–Crippen LogP) is 3.73. The third kappa shape index (κ3) is 2.08. The Balaban J connectivity index is 2.03. The van der Waals surface area contributed by atoms with E-state index in [9.17, 15) is 5.11 Å². The fraction of sp³-hybridized carbons (Fsp3) is 0.438. The zero-order chi connectivity index (χ0) is 14.5. The molecule has 1 aliphatic rings. The van der Waals surface area contributed by atoms with E-state index >= 15 is 0 Å². The van der Waals surface area contributed by atoms with Crippen LogP contribution in [0.5, 0.6) is 0 Å². The molecule has 0 aliphatic carbocycles. The second-order valence-corrected chi connectivity index (χ2v) is 7.20. The van der Waals surface area contributed by atoms with Crippen molar-refractivity contribution in [1.29, 1.82) is 0 Å². The quantitative estimate of drug-likeness (QED) is 0.916. The topological polar surface area (TPSA) is 42.4 Å². The molecular weight excluding hydrogens is 270 g/mol. The number of aliphatic hydroxyl groups excluding tert-OH is 1. The lowest BCUT2D eigenvalue weighted by molar-refractivity contribution is -0.105. The van der Waals surface area contributed by atoms with E-state index < -0.39 is 11.7 Å². The minimum atomic E-state index is -0.668. The first-order valence-electron chi connectivity index (χ1n) is 6.76. The number of aromatic nitrogens is 1. The highest BCUT2D eigenvalue weighted by atomic mass is 32.1. The van der Waals surface area contributed by atoms with Crippen LogP contribution in [-0.2, 0) is 15.9 Å². The maximum Gasteiger partial charge on any atom is 0.131 e. The lowest BCUT2D eigenvalue weighted by Gasteiger charge is -2.24. The van der Waals surface area contributed by atoms with E-state index in [1.54, 1.807) is 11.3 Å². The standard InChI is InChI=1S/C16H19NO2S/c1-15(2)12-13(16(3,4)19-15)20-14(17-12)11(18)10-8-6-5-7-9-10/h5-9,11,18H,1-4H3. The molecule has 0 amide bonds. The highest BCUT2D eigenvalue weighted by Gasteiger charge is 2.46. The van der Waals surface area contributed by atoms with E-state index in [1.165, 1.54) is 0 Å². The predicted molar refractivity (Wildman–Crippen MR) is 79.8 cm³/mol. The molecule has 1 unspecified atom stereocenters. The molecule has 1 atom stereocenters. The molecule has 0 spiro atoms. The summed E-state index contributed by atoms with van der Waals surface area (Å²) in [5.41, 5.74) is 1.09. The third-order valence-electron chi connectivity index (χ3n) is 3.62. The number of benzene rings is 1. The zero-order valence-electron chi connectivity index (χ0n) is 12.2. The molecular formula is C16H19NO2S. The number of hydrogen-bond acceptors (Lipinski definition) is 4. The molecule has 0 radical (unpaired) electrons. The minimum Gasteiger partial charge on any atom is -0.381 e. The normalized spacial score (nSPS) is 20.6. The van der Waals surface area contributed by atoms with Gasteiger partial charge in [0, 0.05) is 0 Å². The van der Waals surface area contributed by atoms with Gasteiger partial charge in [-0.3, -0.25) is 0 Å². The number of rotatable bonds is 2. The van der Waals surface area contributed by atoms with Crippen molar-refractivity contribution in [3.05, 3.63) is 51.5 Å². The van der Waals surface area contributed by atoms with Gasteiger partial charge >= 0.3 is 0 Å². The van der Waals surface area contributed by atoms with Crippen LogP contribution in [0.4, 0.5) is 0 Å². The van der Waals surface area contributed by atoms with Gasteiger partial charge in [0.1, 0.15) is 16.7 Å². The Morgan fingerprint density at radius 2 is 1.75 bits per heavy atom. The van der Waals surface area contributed by atoms with Gasteiger partial charge in [0.2, 0.25) is 0 Å². The first kappa shape index (κ1) is 13.7. The molecule has 3 nitrogen and oxygen atoms in total. The second-order valence-electron chi connectivity index (χ2n) is 6.17. The first-order chi connectivity index (χ1) is 9.31. The third-order valence-corrected chi connectivity index (χ3v) is 5.03. The van der Waals surface area contributed by atoms with Gasteiger partial charge in [0.05, 0.1) is 16.2 Å². The van der Waals surface area contributed by atoms with Crippen LogP contribution in [0.3, 0.4) is 0 Å². The number of hydrogen-bond donors (Lipinski definition) is 1. The Morgan fingerprint density at radius 1 is 1.10 bits per heavy atom. The molecule has 0 bridgehead atoms. The average Bonchev–Trinajstić information content (AvgIpc) is 2.90. The lowest BCUT2D eigenvalue weighted by atomic mass is 10.0. The van der Waals surface area contributed by atoms with Crippen molar-refractivity contribution in [2.45, 2.75) is 45.0 Å². The summed E-state index contributed by atoms with van der Waals surface area (Å²) in [4.78, 5) is 5.78. The molecule has 106 valence electrons. The summed E-state index contributed by atoms with van der Waals surface area (Å²) in [5.74, 6) is 0. The van der Waals surface area contributed by atoms with Gasteiger partial charge in [-0.1, -0.05) is 30.3 Å². The molecule has 1 N–H and O–H groups in total. The summed E-state index contributed by atoms with van der Waals surface area (Å²) in [7, 11) is 0. The highest BCUT2D eigenvalue weighted by molar-refractivity contribution is 7.12. The Labute approximate surface area is 123 Å². The summed E-state index contributed by atoms with van der Waals surface area (Å²) < 4.78 is 6.05. The Hall–Kier alpha value is -1.23. The molecule has 2 aromatic rings. The molecule has 1 aliphatic heterocycles. The highest BCUT2D eigenvalue weighted by Crippen LogP contribution is 2.49. The van der Waals surface area contributed by atoms with Crippen LogP contribution >= 0.6 is 11.3 Å². The minimum absolute atomic E-state index is 0.342. The van der Waals surface area contributed by atoms with Crippen molar-refractivity contribution in [1.82, 2.24) is 4.98 Å². The number of fused-ring (bicyclic) bond motifs is 1. The van der Waals surface area contributed by atoms with E-state index in [2.05, 4.69) is 18.8 Å². The Morgan fingerprint density at radius 3 is 2.35 bits per heavy atom. The zero-order valence-corrected chi connectivity index (χ0v) is 13.0. The maximum absolute atomic E-state index is 10.5. The molecule has 20 heavy (non-hydrogen) atoms. The molecule has 1 aromatic heterocycles. The van der Waals surface area contributed by atoms with Crippen LogP contribution < -0.4 is 0 Å². The van der Waals surface area contributed by atoms with Gasteiger partial charge in [-0.25, -0.2) is 4.98 Å². The van der Waals surface area contributed by atoms with Gasteiger partial charge in [-0.15, -0.1) is 11.3 Å². The smallest absolute Gasteiger partial charge is 0.131 e. The summed E-state index contributed by atoms with van der Waals surface area (Å²) in [6.07, 6.45) is -0.668. The molecule has 0 saturated carbocycles. The van der Waals surface area contributed by atoms with Crippen LogP contribution in [-0.4, -0.2) is 10.1 Å². The number of nitrogens with zero attached hydrogens (tertiary/aromatic N) is 1. The molecule has 4 heteroatoms. The van der Waals surface area contributed by atoms with E-state index in [0.717, 1.165) is 21.1 Å². The van der Waals surface area contributed by atoms with Gasteiger partial charge in [0.25, 0.3) is 0 Å². The van der Waals surface area contributed by atoms with E-state index in [0.29, 0.717) is 0 Å². The maximum atomic E-state index is 10.5. The summed E-state index contributed by atoms with van der Waals surface area (Å²) in [6.45, 7) is 8.16. The Bertz CT molecular complexity index is 600. The van der Waals surface area contributed by atoms with Gasteiger partial charge in [-0.2, -0.15) is 0 Å². The van der Waals surface area contributed by atoms with Crippen molar-refractivity contribution in [2.75, 3.05) is 0 Å². The summed E-state index contributed by atoms with van der Waals surface area (Å²) >= 11 is 1.55. The van der Waals surface area contributed by atoms with Crippen LogP contribution in [0.15, 0.2) is 30.3 Å². The second kappa shape index (κ2) is 4.38. The van der Waals surface area contributed by atoms with Crippen molar-refractivity contribution in [3.63, 3.8) is 0 Å². The van der Waals surface area contributed by atoms with Crippen molar-refractivity contribution < 1.29 is 9.84 Å². The number of thiazole rings is 1. The van der Waals surface area contributed by atoms with Crippen molar-refractivity contribution >= 4 is 11.3 Å². The monoisotopic (exact) mass is 289 g/mol. The van der Waals surface area contributed by atoms with Crippen LogP contribution in [0.1, 0.15) is 54.9 Å². The molecule has 0 saturated heterocycles. The average molecular weight is 289 g/mol. The molecule has 0 fully saturated rings. The Kier molecular flexibility index (Phi) is 3.01. The molecule has 2 heterocycles. The van der Waals surface area contributed by atoms with E-state index in [-0.39, 0.29) is 5.60 Å². The fourth-order valence-corrected chi connectivity index (χ4v) is 4.05. The number of aliphatic hydroxyl groups is 1. The largest absolute Gasteiger partial charge is 0.381 e. The van der Waals surface area contributed by atoms with Crippen LogP contribution in [0, 0.1) is 0 Å². The van der Waals surface area contributed by atoms with E-state index in [1.807, 2.05) is 44.2 Å². The first-order valence-corrected chi connectivity index (χ1v) is 7.58. The SMILES string of the molecule is CC1(C)OC(C)(C)c2sc(C(O)c3ccccc3)nc21. The van der Waals surface area contributed by atoms with Gasteiger partial charge < -0.3 is 9.84 Å². The molecule has 1 aromatic carbocycles. The lowest BCUT2D eigenvalue weighted by Crippen LogP contribution is -2.23. The van der Waals surface area contributed by atoms with Gasteiger partial charge in [-0.05, 0) is 33.3 Å². The van der Waals surface area contributed by atoms with Crippen molar-refractivity contribution in [3.8, 4) is 0 Å². The van der Waals surface area contributed by atoms with Crippen molar-refractivity contribution in [2.24, 2.45) is 0 Å². The fourth-order valence-electron chi connectivity index (χ4n) is 2.78. The molecule has 3 rings (SSSR count). The summed E-state index contributed by atoms with van der Waals surface area (Å²) in [5, 5.41) is 11.2. The summed E-state index contributed by atoms with van der Waals surface area (Å²) in [6, 6.07) is 9.64. The van der Waals surface area contributed by atoms with Gasteiger partial charge in [0.15, 0.2) is 0 Å². The number of ether oxygens (including phenoxy) is 1. The van der Waals surface area contributed by atoms with Crippen LogP contribution in [0.25, 0.3) is 0 Å². The van der Waals surface area contributed by atoms with Crippen LogP contribution in [0.2, 0.25) is 0 Å².